The molecular weight excluding hydrogens is 330 g/mol. The average molecular weight is 355 g/mol. The van der Waals surface area contributed by atoms with Crippen LogP contribution in [-0.2, 0) is 15.1 Å². The van der Waals surface area contributed by atoms with E-state index in [1.54, 1.807) is 18.5 Å². The minimum Gasteiger partial charge on any atom is -0.458 e. The number of nitrogens with one attached hydrogen (secondary N) is 1. The number of ether oxygens (including phenoxy) is 1. The van der Waals surface area contributed by atoms with Gasteiger partial charge in [-0.2, -0.15) is 10.2 Å². The van der Waals surface area contributed by atoms with Gasteiger partial charge in [0.1, 0.15) is 11.3 Å². The van der Waals surface area contributed by atoms with E-state index in [0.29, 0.717) is 24.5 Å². The van der Waals surface area contributed by atoms with E-state index in [-0.39, 0.29) is 5.97 Å². The molecule has 7 nitrogen and oxygen atoms in total. The normalized spacial score (nSPS) is 18.1. The molecule has 7 heteroatoms. The molecule has 1 unspecified atom stereocenters. The SMILES string of the molecule is CC(C)(C)OC(=O)C(c1ccccn1)(c1cccnn1)N1CCNCC1. The zero-order valence-corrected chi connectivity index (χ0v) is 15.5. The summed E-state index contributed by atoms with van der Waals surface area (Å²) >= 11 is 0. The van der Waals surface area contributed by atoms with Crippen molar-refractivity contribution in [3.05, 3.63) is 54.1 Å². The van der Waals surface area contributed by atoms with Crippen LogP contribution in [0.3, 0.4) is 0 Å². The number of esters is 1. The summed E-state index contributed by atoms with van der Waals surface area (Å²) in [5.74, 6) is -0.383. The Hall–Kier alpha value is -2.38. The third-order valence-corrected chi connectivity index (χ3v) is 4.26. The van der Waals surface area contributed by atoms with Crippen molar-refractivity contribution in [1.29, 1.82) is 0 Å². The minimum atomic E-state index is -1.23. The molecule has 1 saturated heterocycles. The maximum atomic E-state index is 13.6. The Kier molecular flexibility index (Phi) is 5.29. The van der Waals surface area contributed by atoms with Crippen molar-refractivity contribution >= 4 is 5.97 Å². The molecule has 0 amide bonds. The highest BCUT2D eigenvalue weighted by atomic mass is 16.6. The summed E-state index contributed by atoms with van der Waals surface area (Å²) in [6.45, 7) is 8.49. The maximum Gasteiger partial charge on any atom is 0.339 e. The number of piperazine rings is 1. The lowest BCUT2D eigenvalue weighted by atomic mass is 9.87. The molecule has 2 aromatic rings. The maximum absolute atomic E-state index is 13.6. The van der Waals surface area contributed by atoms with E-state index in [0.717, 1.165) is 13.1 Å². The van der Waals surface area contributed by atoms with Crippen molar-refractivity contribution in [2.24, 2.45) is 0 Å². The Bertz CT molecular complexity index is 685. The molecule has 0 saturated carbocycles. The predicted octanol–water partition coefficient (Wildman–Crippen LogP) is 1.36. The average Bonchev–Trinajstić information content (AvgIpc) is 2.64. The summed E-state index contributed by atoms with van der Waals surface area (Å²) in [4.78, 5) is 20.2. The van der Waals surface area contributed by atoms with Crippen LogP contribution in [0.1, 0.15) is 32.2 Å². The van der Waals surface area contributed by atoms with E-state index in [2.05, 4.69) is 25.4 Å². The highest BCUT2D eigenvalue weighted by Crippen LogP contribution is 2.36. The van der Waals surface area contributed by atoms with Crippen LogP contribution in [0.15, 0.2) is 42.7 Å². The van der Waals surface area contributed by atoms with E-state index < -0.39 is 11.1 Å². The topological polar surface area (TPSA) is 80.2 Å². The Labute approximate surface area is 153 Å². The third kappa shape index (κ3) is 3.59. The fourth-order valence-electron chi connectivity index (χ4n) is 3.22. The fraction of sp³-hybridized carbons (Fsp3) is 0.474. The monoisotopic (exact) mass is 355 g/mol. The van der Waals surface area contributed by atoms with E-state index in [9.17, 15) is 4.79 Å². The molecule has 0 aliphatic carbocycles. The lowest BCUT2D eigenvalue weighted by Gasteiger charge is -2.43. The molecule has 138 valence electrons. The number of rotatable bonds is 4. The Morgan fingerprint density at radius 3 is 2.38 bits per heavy atom. The van der Waals surface area contributed by atoms with Crippen molar-refractivity contribution in [2.45, 2.75) is 31.9 Å². The van der Waals surface area contributed by atoms with E-state index in [4.69, 9.17) is 4.74 Å². The lowest BCUT2D eigenvalue weighted by molar-refractivity contribution is -0.169. The van der Waals surface area contributed by atoms with E-state index in [1.807, 2.05) is 45.0 Å². The third-order valence-electron chi connectivity index (χ3n) is 4.26. The van der Waals surface area contributed by atoms with Gasteiger partial charge in [0.25, 0.3) is 0 Å². The molecular formula is C19H25N5O2. The lowest BCUT2D eigenvalue weighted by Crippen LogP contribution is -2.60. The largest absolute Gasteiger partial charge is 0.458 e. The second-order valence-corrected chi connectivity index (χ2v) is 7.27. The van der Waals surface area contributed by atoms with Crippen LogP contribution in [0.25, 0.3) is 0 Å². The number of carbonyl (C=O) groups is 1. The van der Waals surface area contributed by atoms with Gasteiger partial charge in [0.2, 0.25) is 5.54 Å². The van der Waals surface area contributed by atoms with Crippen LogP contribution in [0.4, 0.5) is 0 Å². The summed E-state index contributed by atoms with van der Waals surface area (Å²) in [5.41, 5.74) is -0.746. The number of pyridine rings is 1. The summed E-state index contributed by atoms with van der Waals surface area (Å²) in [7, 11) is 0. The van der Waals surface area contributed by atoms with Crippen molar-refractivity contribution in [2.75, 3.05) is 26.2 Å². The quantitative estimate of drug-likeness (QED) is 0.830. The van der Waals surface area contributed by atoms with Crippen LogP contribution in [0.5, 0.6) is 0 Å². The summed E-state index contributed by atoms with van der Waals surface area (Å²) in [5, 5.41) is 11.6. The van der Waals surface area contributed by atoms with E-state index in [1.165, 1.54) is 0 Å². The van der Waals surface area contributed by atoms with Crippen molar-refractivity contribution in [1.82, 2.24) is 25.4 Å². The Balaban J connectivity index is 2.21. The Morgan fingerprint density at radius 1 is 1.08 bits per heavy atom. The summed E-state index contributed by atoms with van der Waals surface area (Å²) in [6.07, 6.45) is 3.28. The van der Waals surface area contributed by atoms with Gasteiger partial charge in [0, 0.05) is 38.6 Å². The number of aromatic nitrogens is 3. The highest BCUT2D eigenvalue weighted by molar-refractivity contribution is 5.86. The zero-order chi connectivity index (χ0) is 18.6. The summed E-state index contributed by atoms with van der Waals surface area (Å²) in [6, 6.07) is 9.15. The van der Waals surface area contributed by atoms with Crippen LogP contribution < -0.4 is 5.32 Å². The molecule has 2 aromatic heterocycles. The predicted molar refractivity (Wildman–Crippen MR) is 97.3 cm³/mol. The highest BCUT2D eigenvalue weighted by Gasteiger charge is 2.52. The number of hydrogen-bond donors (Lipinski definition) is 1. The van der Waals surface area contributed by atoms with Gasteiger partial charge < -0.3 is 10.1 Å². The van der Waals surface area contributed by atoms with Crippen molar-refractivity contribution in [3.8, 4) is 0 Å². The molecule has 3 heterocycles. The molecule has 0 bridgehead atoms. The zero-order valence-electron chi connectivity index (χ0n) is 15.5. The number of carbonyl (C=O) groups excluding carboxylic acids is 1. The van der Waals surface area contributed by atoms with Gasteiger partial charge in [0.15, 0.2) is 0 Å². The minimum absolute atomic E-state index is 0.383. The van der Waals surface area contributed by atoms with Crippen molar-refractivity contribution < 1.29 is 9.53 Å². The summed E-state index contributed by atoms with van der Waals surface area (Å²) < 4.78 is 5.86. The van der Waals surface area contributed by atoms with Gasteiger partial charge in [-0.3, -0.25) is 9.88 Å². The molecule has 1 fully saturated rings. The van der Waals surface area contributed by atoms with Crippen LogP contribution in [0, 0.1) is 0 Å². The molecule has 26 heavy (non-hydrogen) atoms. The molecule has 1 aliphatic rings. The molecule has 0 spiro atoms. The van der Waals surface area contributed by atoms with Gasteiger partial charge in [0.05, 0.1) is 5.69 Å². The smallest absolute Gasteiger partial charge is 0.339 e. The first kappa shape index (κ1) is 18.4. The van der Waals surface area contributed by atoms with Gasteiger partial charge in [-0.15, -0.1) is 0 Å². The van der Waals surface area contributed by atoms with Crippen LogP contribution >= 0.6 is 0 Å². The van der Waals surface area contributed by atoms with Crippen LogP contribution in [-0.4, -0.2) is 57.8 Å². The molecule has 0 aromatic carbocycles. The Morgan fingerprint density at radius 2 is 1.81 bits per heavy atom. The van der Waals surface area contributed by atoms with Gasteiger partial charge >= 0.3 is 5.97 Å². The molecule has 1 aliphatic heterocycles. The van der Waals surface area contributed by atoms with E-state index >= 15 is 0 Å². The van der Waals surface area contributed by atoms with Gasteiger partial charge in [-0.05, 0) is 45.0 Å². The first-order chi connectivity index (χ1) is 12.4. The molecule has 3 rings (SSSR count). The first-order valence-electron chi connectivity index (χ1n) is 8.83. The number of hydrogen-bond acceptors (Lipinski definition) is 7. The second-order valence-electron chi connectivity index (χ2n) is 7.27. The fourth-order valence-corrected chi connectivity index (χ4v) is 3.22. The van der Waals surface area contributed by atoms with Crippen LogP contribution in [0.2, 0.25) is 0 Å². The second kappa shape index (κ2) is 7.47. The van der Waals surface area contributed by atoms with Gasteiger partial charge in [-0.1, -0.05) is 6.07 Å². The molecule has 1 N–H and O–H groups in total. The standard InChI is InChI=1S/C19H25N5O2/c1-18(2,3)26-17(25)19(15-7-4-5-9-21-15,16-8-6-10-22-23-16)24-13-11-20-12-14-24/h4-10,20H,11-14H2,1-3H3. The van der Waals surface area contributed by atoms with Crippen molar-refractivity contribution in [3.63, 3.8) is 0 Å². The first-order valence-corrected chi connectivity index (χ1v) is 8.83. The molecule has 0 radical (unpaired) electrons. The van der Waals surface area contributed by atoms with Gasteiger partial charge in [-0.25, -0.2) is 4.79 Å². The molecule has 1 atom stereocenters. The number of nitrogens with zero attached hydrogens (tertiary/aromatic N) is 4.